The zero-order valence-corrected chi connectivity index (χ0v) is 12.5. The number of aromatic hydroxyl groups is 2. The van der Waals surface area contributed by atoms with Gasteiger partial charge < -0.3 is 20.4 Å². The molecule has 0 fully saturated rings. The first-order valence-electron chi connectivity index (χ1n) is 5.87. The fourth-order valence-corrected chi connectivity index (χ4v) is 3.79. The van der Waals surface area contributed by atoms with Gasteiger partial charge in [-0.05, 0) is 45.9 Å². The number of para-hydroxylation sites is 2. The Balaban J connectivity index is 2.25. The first-order valence-corrected chi connectivity index (χ1v) is 8.02. The highest BCUT2D eigenvalue weighted by atomic mass is 33.1. The Morgan fingerprint density at radius 3 is 1.41 bits per heavy atom. The largest absolute Gasteiger partial charge is 0.506 e. The van der Waals surface area contributed by atoms with Crippen LogP contribution in [0.5, 0.6) is 11.5 Å². The standard InChI is InChI=1S/C14H10O6S2/c15-11-7(13(17)18)3-1-5-9(11)21-22-10-6-2-4-8(12(10)16)14(19)20/h1-6,15-16H,(H,17,18)(H,19,20). The van der Waals surface area contributed by atoms with E-state index < -0.39 is 11.9 Å². The second kappa shape index (κ2) is 6.63. The van der Waals surface area contributed by atoms with Crippen LogP contribution in [0.25, 0.3) is 0 Å². The Bertz CT molecular complexity index is 681. The summed E-state index contributed by atoms with van der Waals surface area (Å²) < 4.78 is 0. The second-order valence-electron chi connectivity index (χ2n) is 4.08. The number of carboxylic acids is 2. The molecule has 0 heterocycles. The van der Waals surface area contributed by atoms with Crippen LogP contribution in [0.3, 0.4) is 0 Å². The van der Waals surface area contributed by atoms with E-state index in [1.807, 2.05) is 0 Å². The summed E-state index contributed by atoms with van der Waals surface area (Å²) in [6.07, 6.45) is 0. The maximum Gasteiger partial charge on any atom is 0.339 e. The van der Waals surface area contributed by atoms with Gasteiger partial charge in [0.05, 0.1) is 9.79 Å². The van der Waals surface area contributed by atoms with Gasteiger partial charge >= 0.3 is 11.9 Å². The van der Waals surface area contributed by atoms with Gasteiger partial charge in [-0.25, -0.2) is 9.59 Å². The highest BCUT2D eigenvalue weighted by molar-refractivity contribution is 8.76. The van der Waals surface area contributed by atoms with E-state index in [1.165, 1.54) is 36.4 Å². The number of benzene rings is 2. The lowest BCUT2D eigenvalue weighted by atomic mass is 10.2. The first-order chi connectivity index (χ1) is 10.4. The van der Waals surface area contributed by atoms with Gasteiger partial charge in [0.2, 0.25) is 0 Å². The molecule has 0 bridgehead atoms. The maximum atomic E-state index is 10.9. The Morgan fingerprint density at radius 1 is 0.727 bits per heavy atom. The van der Waals surface area contributed by atoms with Crippen LogP contribution < -0.4 is 0 Å². The highest BCUT2D eigenvalue weighted by Gasteiger charge is 2.16. The monoisotopic (exact) mass is 338 g/mol. The lowest BCUT2D eigenvalue weighted by Gasteiger charge is -2.08. The molecule has 6 nitrogen and oxygen atoms in total. The summed E-state index contributed by atoms with van der Waals surface area (Å²) in [7, 11) is 2.03. The van der Waals surface area contributed by atoms with Crippen LogP contribution >= 0.6 is 21.6 Å². The smallest absolute Gasteiger partial charge is 0.339 e. The molecule has 0 radical (unpaired) electrons. The summed E-state index contributed by atoms with van der Waals surface area (Å²) in [5.74, 6) is -3.25. The molecule has 0 atom stereocenters. The summed E-state index contributed by atoms with van der Waals surface area (Å²) in [5, 5.41) is 37.6. The number of hydrogen-bond donors (Lipinski definition) is 4. The molecule has 0 aliphatic heterocycles. The Labute approximate surface area is 132 Å². The van der Waals surface area contributed by atoms with Crippen molar-refractivity contribution >= 4 is 33.5 Å². The van der Waals surface area contributed by atoms with Crippen LogP contribution in [0.2, 0.25) is 0 Å². The molecule has 114 valence electrons. The molecule has 2 aromatic carbocycles. The fourth-order valence-electron chi connectivity index (χ4n) is 1.61. The van der Waals surface area contributed by atoms with Crippen molar-refractivity contribution in [2.45, 2.75) is 9.79 Å². The number of phenols is 2. The van der Waals surface area contributed by atoms with E-state index in [-0.39, 0.29) is 22.6 Å². The Morgan fingerprint density at radius 2 is 1.09 bits per heavy atom. The van der Waals surface area contributed by atoms with Gasteiger partial charge in [0, 0.05) is 0 Å². The van der Waals surface area contributed by atoms with E-state index in [2.05, 4.69) is 0 Å². The molecular formula is C14H10O6S2. The molecule has 2 aromatic rings. The number of hydrogen-bond acceptors (Lipinski definition) is 6. The van der Waals surface area contributed by atoms with Gasteiger partial charge in [0.15, 0.2) is 0 Å². The SMILES string of the molecule is O=C(O)c1cccc(SSc2cccc(C(=O)O)c2O)c1O. The maximum absolute atomic E-state index is 10.9. The molecule has 0 aromatic heterocycles. The molecule has 0 aliphatic carbocycles. The summed E-state index contributed by atoms with van der Waals surface area (Å²) in [6, 6.07) is 8.57. The fraction of sp³-hybridized carbons (Fsp3) is 0. The summed E-state index contributed by atoms with van der Waals surface area (Å²) in [5.41, 5.74) is -0.455. The van der Waals surface area contributed by atoms with Crippen molar-refractivity contribution in [3.63, 3.8) is 0 Å². The van der Waals surface area contributed by atoms with E-state index in [1.54, 1.807) is 0 Å². The Hall–Kier alpha value is -2.32. The molecule has 0 saturated heterocycles. The van der Waals surface area contributed by atoms with Crippen LogP contribution in [0.4, 0.5) is 0 Å². The number of carbonyl (C=O) groups is 2. The predicted molar refractivity (Wildman–Crippen MR) is 81.8 cm³/mol. The average molecular weight is 338 g/mol. The third kappa shape index (κ3) is 3.29. The van der Waals surface area contributed by atoms with Crippen molar-refractivity contribution in [3.05, 3.63) is 47.5 Å². The van der Waals surface area contributed by atoms with Gasteiger partial charge in [-0.15, -0.1) is 0 Å². The molecule has 0 amide bonds. The van der Waals surface area contributed by atoms with Crippen LogP contribution in [-0.4, -0.2) is 32.4 Å². The van der Waals surface area contributed by atoms with Crippen molar-refractivity contribution in [1.82, 2.24) is 0 Å². The molecule has 0 spiro atoms. The molecular weight excluding hydrogens is 328 g/mol. The molecule has 0 aliphatic rings. The first kappa shape index (κ1) is 16.1. The number of aromatic carboxylic acids is 2. The third-order valence-electron chi connectivity index (χ3n) is 2.68. The van der Waals surface area contributed by atoms with Crippen LogP contribution in [0.15, 0.2) is 46.2 Å². The topological polar surface area (TPSA) is 115 Å². The van der Waals surface area contributed by atoms with Gasteiger partial charge in [-0.3, -0.25) is 0 Å². The molecule has 2 rings (SSSR count). The van der Waals surface area contributed by atoms with Crippen LogP contribution in [0.1, 0.15) is 20.7 Å². The minimum atomic E-state index is -1.25. The van der Waals surface area contributed by atoms with Gasteiger partial charge in [-0.1, -0.05) is 12.1 Å². The third-order valence-corrected chi connectivity index (χ3v) is 5.11. The quantitative estimate of drug-likeness (QED) is 0.614. The van der Waals surface area contributed by atoms with E-state index in [4.69, 9.17) is 10.2 Å². The summed E-state index contributed by atoms with van der Waals surface area (Å²) in [6.45, 7) is 0. The van der Waals surface area contributed by atoms with Crippen molar-refractivity contribution in [2.24, 2.45) is 0 Å². The normalized spacial score (nSPS) is 10.4. The minimum Gasteiger partial charge on any atom is -0.506 e. The minimum absolute atomic E-state index is 0.228. The zero-order chi connectivity index (χ0) is 16.3. The van der Waals surface area contributed by atoms with E-state index in [9.17, 15) is 19.8 Å². The highest BCUT2D eigenvalue weighted by Crippen LogP contribution is 2.45. The van der Waals surface area contributed by atoms with Crippen molar-refractivity contribution in [3.8, 4) is 11.5 Å². The number of carboxylic acid groups (broad SMARTS) is 2. The van der Waals surface area contributed by atoms with Gasteiger partial charge in [0.1, 0.15) is 22.6 Å². The van der Waals surface area contributed by atoms with Crippen LogP contribution in [-0.2, 0) is 0 Å². The second-order valence-corrected chi connectivity index (χ2v) is 6.29. The number of rotatable bonds is 5. The van der Waals surface area contributed by atoms with Crippen molar-refractivity contribution in [1.29, 1.82) is 0 Å². The lowest BCUT2D eigenvalue weighted by Crippen LogP contribution is -1.97. The lowest BCUT2D eigenvalue weighted by molar-refractivity contribution is 0.0681. The van der Waals surface area contributed by atoms with Crippen molar-refractivity contribution in [2.75, 3.05) is 0 Å². The van der Waals surface area contributed by atoms with E-state index in [0.29, 0.717) is 9.79 Å². The summed E-state index contributed by atoms with van der Waals surface area (Å²) in [4.78, 5) is 22.5. The summed E-state index contributed by atoms with van der Waals surface area (Å²) >= 11 is 0. The zero-order valence-electron chi connectivity index (χ0n) is 10.9. The molecule has 8 heteroatoms. The van der Waals surface area contributed by atoms with E-state index >= 15 is 0 Å². The molecule has 22 heavy (non-hydrogen) atoms. The predicted octanol–water partition coefficient (Wildman–Crippen LogP) is 3.29. The van der Waals surface area contributed by atoms with Crippen molar-refractivity contribution < 1.29 is 30.0 Å². The molecule has 4 N–H and O–H groups in total. The van der Waals surface area contributed by atoms with Crippen LogP contribution in [0, 0.1) is 0 Å². The van der Waals surface area contributed by atoms with Gasteiger partial charge in [0.25, 0.3) is 0 Å². The Kier molecular flexibility index (Phi) is 4.84. The average Bonchev–Trinajstić information content (AvgIpc) is 2.46. The van der Waals surface area contributed by atoms with Gasteiger partial charge in [-0.2, -0.15) is 0 Å². The molecule has 0 saturated carbocycles. The van der Waals surface area contributed by atoms with E-state index in [0.717, 1.165) is 21.6 Å². The molecule has 0 unspecified atom stereocenters.